The zero-order valence-corrected chi connectivity index (χ0v) is 27.9. The minimum atomic E-state index is -0.0382. The van der Waals surface area contributed by atoms with Crippen LogP contribution in [0.25, 0.3) is 65.9 Å². The predicted molar refractivity (Wildman–Crippen MR) is 215 cm³/mol. The van der Waals surface area contributed by atoms with E-state index in [9.17, 15) is 0 Å². The van der Waals surface area contributed by atoms with E-state index in [-0.39, 0.29) is 6.04 Å². The van der Waals surface area contributed by atoms with Crippen LogP contribution in [0.3, 0.4) is 0 Å². The van der Waals surface area contributed by atoms with Crippen LogP contribution in [0, 0.1) is 0 Å². The highest BCUT2D eigenvalue weighted by Gasteiger charge is 2.23. The molecule has 0 radical (unpaired) electrons. The third-order valence-corrected chi connectivity index (χ3v) is 10.2. The molecular formula is C48H33N3. The number of aliphatic imine (C=N–C) groups is 1. The molecular weight excluding hydrogens is 619 g/mol. The molecule has 0 saturated heterocycles. The van der Waals surface area contributed by atoms with Crippen molar-refractivity contribution in [2.75, 3.05) is 0 Å². The number of nitrogens with one attached hydrogen (secondary N) is 1. The van der Waals surface area contributed by atoms with Gasteiger partial charge in [-0.15, -0.1) is 0 Å². The van der Waals surface area contributed by atoms with Crippen molar-refractivity contribution in [2.45, 2.75) is 6.04 Å². The van der Waals surface area contributed by atoms with E-state index in [4.69, 9.17) is 4.99 Å². The molecule has 1 atom stereocenters. The van der Waals surface area contributed by atoms with Gasteiger partial charge in [-0.2, -0.15) is 0 Å². The Morgan fingerprint density at radius 3 is 1.61 bits per heavy atom. The molecule has 0 fully saturated rings. The molecule has 3 nitrogen and oxygen atoms in total. The van der Waals surface area contributed by atoms with Gasteiger partial charge in [0.1, 0.15) is 5.84 Å². The van der Waals surface area contributed by atoms with Crippen molar-refractivity contribution in [1.29, 1.82) is 0 Å². The van der Waals surface area contributed by atoms with Gasteiger partial charge in [0.05, 0.1) is 22.8 Å². The average Bonchev–Trinajstić information content (AvgIpc) is 3.57. The summed E-state index contributed by atoms with van der Waals surface area (Å²) >= 11 is 0. The monoisotopic (exact) mass is 651 g/mol. The maximum atomic E-state index is 5.32. The van der Waals surface area contributed by atoms with Gasteiger partial charge in [-0.1, -0.05) is 152 Å². The first-order valence-electron chi connectivity index (χ1n) is 17.5. The summed E-state index contributed by atoms with van der Waals surface area (Å²) in [5.41, 5.74) is 10.0. The number of rotatable bonds is 5. The third kappa shape index (κ3) is 5.02. The minimum absolute atomic E-state index is 0.0382. The summed E-state index contributed by atoms with van der Waals surface area (Å²) in [5.74, 6) is 0.848. The van der Waals surface area contributed by atoms with Crippen molar-refractivity contribution in [2.24, 2.45) is 4.99 Å². The van der Waals surface area contributed by atoms with Crippen LogP contribution < -0.4 is 5.32 Å². The Morgan fingerprint density at radius 2 is 0.980 bits per heavy atom. The van der Waals surface area contributed by atoms with Crippen LogP contribution in [-0.2, 0) is 0 Å². The summed E-state index contributed by atoms with van der Waals surface area (Å²) in [6.07, 6.45) is 2.24. The Hall–Kier alpha value is -6.71. The second-order valence-corrected chi connectivity index (χ2v) is 13.2. The van der Waals surface area contributed by atoms with Gasteiger partial charge in [0.25, 0.3) is 0 Å². The molecule has 1 aliphatic heterocycles. The number of benzene rings is 8. The fourth-order valence-electron chi connectivity index (χ4n) is 7.79. The van der Waals surface area contributed by atoms with Crippen LogP contribution in [0.5, 0.6) is 0 Å². The quantitative estimate of drug-likeness (QED) is 0.197. The molecule has 0 saturated carbocycles. The van der Waals surface area contributed by atoms with Gasteiger partial charge in [0.2, 0.25) is 0 Å². The highest BCUT2D eigenvalue weighted by molar-refractivity contribution is 6.28. The van der Waals surface area contributed by atoms with Crippen LogP contribution in [0.1, 0.15) is 22.7 Å². The Balaban J connectivity index is 1.26. The maximum Gasteiger partial charge on any atom is 0.134 e. The van der Waals surface area contributed by atoms with Crippen LogP contribution in [0.2, 0.25) is 0 Å². The number of fused-ring (bicyclic) bond motifs is 7. The van der Waals surface area contributed by atoms with Crippen molar-refractivity contribution in [3.63, 3.8) is 0 Å². The van der Waals surface area contributed by atoms with E-state index in [0.29, 0.717) is 0 Å². The zero-order valence-electron chi connectivity index (χ0n) is 27.9. The van der Waals surface area contributed by atoms with Crippen molar-refractivity contribution in [3.8, 4) is 16.8 Å². The molecule has 1 aliphatic rings. The summed E-state index contributed by atoms with van der Waals surface area (Å²) in [6, 6.07) is 65.2. The van der Waals surface area contributed by atoms with Crippen LogP contribution in [-0.4, -0.2) is 10.4 Å². The molecule has 0 amide bonds. The normalized spacial score (nSPS) is 14.5. The largest absolute Gasteiger partial charge is 0.359 e. The minimum Gasteiger partial charge on any atom is -0.359 e. The number of hydrogen-bond donors (Lipinski definition) is 1. The SMILES string of the molecule is C1=C(c2ccccc2)N=C(c2cc(-c3ccccc3)cc(-n3c4ccc5ccccc5c4c4c5ccccc5ccc43)c2)NC1c1ccccc1. The van der Waals surface area contributed by atoms with Crippen LogP contribution in [0.15, 0.2) is 193 Å². The molecule has 1 aromatic heterocycles. The number of nitrogens with zero attached hydrogens (tertiary/aromatic N) is 2. The number of hydrogen-bond acceptors (Lipinski definition) is 2. The van der Waals surface area contributed by atoms with Gasteiger partial charge in [0, 0.05) is 22.0 Å². The molecule has 9 aromatic rings. The van der Waals surface area contributed by atoms with Gasteiger partial charge >= 0.3 is 0 Å². The van der Waals surface area contributed by atoms with E-state index >= 15 is 0 Å². The molecule has 10 rings (SSSR count). The molecule has 1 unspecified atom stereocenters. The zero-order chi connectivity index (χ0) is 33.7. The second-order valence-electron chi connectivity index (χ2n) is 13.2. The first-order chi connectivity index (χ1) is 25.3. The topological polar surface area (TPSA) is 29.3 Å². The van der Waals surface area contributed by atoms with Crippen LogP contribution >= 0.6 is 0 Å². The van der Waals surface area contributed by atoms with E-state index in [1.807, 2.05) is 0 Å². The first-order valence-corrected chi connectivity index (χ1v) is 17.5. The Kier molecular flexibility index (Phi) is 6.88. The van der Waals surface area contributed by atoms with E-state index in [0.717, 1.165) is 39.5 Å². The van der Waals surface area contributed by atoms with Gasteiger partial charge < -0.3 is 9.88 Å². The summed E-state index contributed by atoms with van der Waals surface area (Å²) < 4.78 is 2.45. The summed E-state index contributed by atoms with van der Waals surface area (Å²) in [4.78, 5) is 5.32. The fourth-order valence-corrected chi connectivity index (χ4v) is 7.79. The average molecular weight is 652 g/mol. The van der Waals surface area contributed by atoms with Crippen LogP contribution in [0.4, 0.5) is 0 Å². The molecule has 51 heavy (non-hydrogen) atoms. The fraction of sp³-hybridized carbons (Fsp3) is 0.0208. The van der Waals surface area contributed by atoms with Gasteiger partial charge in [-0.3, -0.25) is 0 Å². The smallest absolute Gasteiger partial charge is 0.134 e. The lowest BCUT2D eigenvalue weighted by atomic mass is 9.98. The van der Waals surface area contributed by atoms with Gasteiger partial charge in [-0.05, 0) is 80.2 Å². The molecule has 0 bridgehead atoms. The third-order valence-electron chi connectivity index (χ3n) is 10.2. The lowest BCUT2D eigenvalue weighted by molar-refractivity contribution is 0.781. The summed E-state index contributed by atoms with van der Waals surface area (Å²) in [5, 5.41) is 11.4. The molecule has 3 heteroatoms. The molecule has 0 spiro atoms. The molecule has 8 aromatic carbocycles. The lowest BCUT2D eigenvalue weighted by Gasteiger charge is -2.25. The van der Waals surface area contributed by atoms with E-state index in [1.165, 1.54) is 48.9 Å². The maximum absolute atomic E-state index is 5.32. The highest BCUT2D eigenvalue weighted by atomic mass is 15.1. The lowest BCUT2D eigenvalue weighted by Crippen LogP contribution is -2.31. The van der Waals surface area contributed by atoms with E-state index in [1.54, 1.807) is 0 Å². The van der Waals surface area contributed by atoms with Crippen molar-refractivity contribution < 1.29 is 0 Å². The molecule has 2 heterocycles. The van der Waals surface area contributed by atoms with Gasteiger partial charge in [-0.25, -0.2) is 4.99 Å². The molecule has 1 N–H and O–H groups in total. The van der Waals surface area contributed by atoms with Crippen molar-refractivity contribution in [3.05, 3.63) is 205 Å². The van der Waals surface area contributed by atoms with Crippen molar-refractivity contribution >= 4 is 54.9 Å². The molecule has 240 valence electrons. The van der Waals surface area contributed by atoms with Crippen molar-refractivity contribution in [1.82, 2.24) is 9.88 Å². The molecule has 0 aliphatic carbocycles. The van der Waals surface area contributed by atoms with E-state index < -0.39 is 0 Å². The standard InChI is InChI=1S/C48H33N3/c1-4-14-32(15-5-1)37-28-38(48-49-42(35-18-6-2-7-19-35)31-43(50-48)36-20-8-3-9-21-36)30-39(29-37)51-44-26-24-33-16-10-12-22-40(33)46(44)47-41-23-13-11-17-34(41)25-27-45(47)51/h1-31,42H,(H,49,50). The summed E-state index contributed by atoms with van der Waals surface area (Å²) in [6.45, 7) is 0. The van der Waals surface area contributed by atoms with E-state index in [2.05, 4.69) is 198 Å². The second kappa shape index (κ2) is 12.0. The van der Waals surface area contributed by atoms with Gasteiger partial charge in [0.15, 0.2) is 0 Å². The predicted octanol–water partition coefficient (Wildman–Crippen LogP) is 11.9. The highest BCUT2D eigenvalue weighted by Crippen LogP contribution is 2.41. The number of amidine groups is 1. The number of aromatic nitrogens is 1. The Labute approximate surface area is 296 Å². The first kappa shape index (κ1) is 29.2. The Bertz CT molecular complexity index is 2720. The Morgan fingerprint density at radius 1 is 0.451 bits per heavy atom. The summed E-state index contributed by atoms with van der Waals surface area (Å²) in [7, 11) is 0.